The molecule has 0 saturated carbocycles. The summed E-state index contributed by atoms with van der Waals surface area (Å²) in [6, 6.07) is 9.39. The van der Waals surface area contributed by atoms with Gasteiger partial charge in [-0.1, -0.05) is 44.2 Å². The zero-order chi connectivity index (χ0) is 17.2. The van der Waals surface area contributed by atoms with E-state index in [1.807, 2.05) is 24.3 Å². The van der Waals surface area contributed by atoms with Crippen molar-refractivity contribution < 1.29 is 9.53 Å². The van der Waals surface area contributed by atoms with Crippen LogP contribution in [0.2, 0.25) is 0 Å². The second kappa shape index (κ2) is 9.91. The first-order valence-corrected chi connectivity index (χ1v) is 8.91. The molecule has 24 heavy (non-hydrogen) atoms. The van der Waals surface area contributed by atoms with Crippen LogP contribution in [0.15, 0.2) is 35.1 Å². The number of rotatable bonds is 10. The van der Waals surface area contributed by atoms with Gasteiger partial charge in [-0.2, -0.15) is 0 Å². The fourth-order valence-corrected chi connectivity index (χ4v) is 2.90. The van der Waals surface area contributed by atoms with E-state index in [0.717, 1.165) is 42.3 Å². The summed E-state index contributed by atoms with van der Waals surface area (Å²) in [7, 11) is 0. The molecule has 0 atom stereocenters. The lowest BCUT2D eigenvalue weighted by atomic mass is 10.1. The molecule has 0 saturated heterocycles. The molecular weight excluding hydrogens is 302 g/mol. The van der Waals surface area contributed by atoms with Crippen LogP contribution in [0.5, 0.6) is 0 Å². The van der Waals surface area contributed by atoms with Gasteiger partial charge in [0.05, 0.1) is 6.61 Å². The van der Waals surface area contributed by atoms with Crippen LogP contribution in [0.1, 0.15) is 57.6 Å². The highest BCUT2D eigenvalue weighted by atomic mass is 16.5. The molecule has 4 heteroatoms. The highest BCUT2D eigenvalue weighted by Crippen LogP contribution is 2.12. The van der Waals surface area contributed by atoms with Crippen molar-refractivity contribution in [2.75, 3.05) is 6.61 Å². The number of H-pyrrole nitrogens is 1. The Morgan fingerprint density at radius 2 is 1.67 bits per heavy atom. The first-order chi connectivity index (χ1) is 11.7. The van der Waals surface area contributed by atoms with E-state index in [2.05, 4.69) is 4.98 Å². The van der Waals surface area contributed by atoms with Crippen molar-refractivity contribution in [2.45, 2.75) is 58.3 Å². The largest absolute Gasteiger partial charge is 0.466 e. The van der Waals surface area contributed by atoms with Crippen molar-refractivity contribution in [3.63, 3.8) is 0 Å². The van der Waals surface area contributed by atoms with E-state index in [-0.39, 0.29) is 11.4 Å². The summed E-state index contributed by atoms with van der Waals surface area (Å²) >= 11 is 0. The molecule has 0 aliphatic heterocycles. The summed E-state index contributed by atoms with van der Waals surface area (Å²) in [5.74, 6) is -0.193. The van der Waals surface area contributed by atoms with Crippen molar-refractivity contribution in [1.82, 2.24) is 4.98 Å². The molecule has 0 fully saturated rings. The van der Waals surface area contributed by atoms with E-state index in [9.17, 15) is 9.59 Å². The van der Waals surface area contributed by atoms with Gasteiger partial charge >= 0.3 is 5.97 Å². The highest BCUT2D eigenvalue weighted by molar-refractivity contribution is 5.78. The molecule has 2 aromatic rings. The van der Waals surface area contributed by atoms with Gasteiger partial charge in [0, 0.05) is 29.6 Å². The first-order valence-electron chi connectivity index (χ1n) is 8.91. The Morgan fingerprint density at radius 3 is 2.42 bits per heavy atom. The quantitative estimate of drug-likeness (QED) is 0.520. The molecule has 130 valence electrons. The fourth-order valence-electron chi connectivity index (χ4n) is 2.90. The number of aryl methyl sites for hydroxylation is 1. The van der Waals surface area contributed by atoms with Gasteiger partial charge in [-0.25, -0.2) is 0 Å². The Hall–Kier alpha value is -2.10. The Kier molecular flexibility index (Phi) is 7.53. The van der Waals surface area contributed by atoms with Gasteiger partial charge in [-0.15, -0.1) is 0 Å². The van der Waals surface area contributed by atoms with E-state index in [1.54, 1.807) is 6.07 Å². The average Bonchev–Trinajstić information content (AvgIpc) is 2.56. The molecule has 2 rings (SSSR count). The van der Waals surface area contributed by atoms with E-state index in [0.29, 0.717) is 6.61 Å². The maximum Gasteiger partial charge on any atom is 0.302 e. The maximum absolute atomic E-state index is 12.1. The molecule has 0 unspecified atom stereocenters. The van der Waals surface area contributed by atoms with Gasteiger partial charge in [-0.05, 0) is 31.4 Å². The Bertz CT molecular complexity index is 705. The smallest absolute Gasteiger partial charge is 0.302 e. The summed E-state index contributed by atoms with van der Waals surface area (Å²) < 4.78 is 4.91. The van der Waals surface area contributed by atoms with Crippen LogP contribution in [-0.2, 0) is 16.0 Å². The van der Waals surface area contributed by atoms with E-state index >= 15 is 0 Å². The van der Waals surface area contributed by atoms with Crippen molar-refractivity contribution in [3.05, 3.63) is 46.2 Å². The average molecular weight is 329 g/mol. The second-order valence-electron chi connectivity index (χ2n) is 6.27. The molecule has 0 bridgehead atoms. The molecule has 0 aliphatic carbocycles. The van der Waals surface area contributed by atoms with Crippen molar-refractivity contribution in [1.29, 1.82) is 0 Å². The van der Waals surface area contributed by atoms with Gasteiger partial charge in [-0.3, -0.25) is 9.59 Å². The number of hydrogen-bond acceptors (Lipinski definition) is 3. The Labute approximate surface area is 143 Å². The Morgan fingerprint density at radius 1 is 1.00 bits per heavy atom. The standard InChI is InChI=1S/C20H27NO3/c1-16(22)24-14-10-6-4-2-3-5-7-11-17-15-20(23)18-12-8-9-13-19(18)21-17/h8-9,12-13,15H,2-7,10-11,14H2,1H3,(H,21,23). The minimum atomic E-state index is -0.193. The summed E-state index contributed by atoms with van der Waals surface area (Å²) in [5, 5.41) is 0.759. The lowest BCUT2D eigenvalue weighted by molar-refractivity contribution is -0.141. The van der Waals surface area contributed by atoms with Gasteiger partial charge in [0.15, 0.2) is 5.43 Å². The number of unbranched alkanes of at least 4 members (excludes halogenated alkanes) is 6. The topological polar surface area (TPSA) is 59.2 Å². The van der Waals surface area contributed by atoms with Gasteiger partial charge in [0.2, 0.25) is 0 Å². The molecule has 0 radical (unpaired) electrons. The first kappa shape index (κ1) is 18.2. The number of carbonyl (C=O) groups is 1. The molecule has 0 spiro atoms. The number of aromatic amines is 1. The minimum Gasteiger partial charge on any atom is -0.466 e. The number of esters is 1. The van der Waals surface area contributed by atoms with Crippen LogP contribution < -0.4 is 5.43 Å². The molecule has 1 heterocycles. The zero-order valence-corrected chi connectivity index (χ0v) is 14.5. The number of benzene rings is 1. The van der Waals surface area contributed by atoms with Crippen LogP contribution >= 0.6 is 0 Å². The summed E-state index contributed by atoms with van der Waals surface area (Å²) in [6.07, 6.45) is 8.89. The minimum absolute atomic E-state index is 0.104. The third-order valence-electron chi connectivity index (χ3n) is 4.19. The van der Waals surface area contributed by atoms with E-state index < -0.39 is 0 Å². The van der Waals surface area contributed by atoms with Gasteiger partial charge < -0.3 is 9.72 Å². The van der Waals surface area contributed by atoms with Gasteiger partial charge in [0.1, 0.15) is 0 Å². The summed E-state index contributed by atoms with van der Waals surface area (Å²) in [4.78, 5) is 26.0. The van der Waals surface area contributed by atoms with E-state index in [1.165, 1.54) is 32.6 Å². The zero-order valence-electron chi connectivity index (χ0n) is 14.5. The molecule has 1 N–H and O–H groups in total. The predicted octanol–water partition coefficient (Wildman–Crippen LogP) is 4.36. The molecule has 0 amide bonds. The number of aromatic nitrogens is 1. The van der Waals surface area contributed by atoms with Crippen molar-refractivity contribution in [2.24, 2.45) is 0 Å². The third kappa shape index (κ3) is 6.19. The third-order valence-corrected chi connectivity index (χ3v) is 4.19. The molecule has 4 nitrogen and oxygen atoms in total. The number of hydrogen-bond donors (Lipinski definition) is 1. The van der Waals surface area contributed by atoms with Gasteiger partial charge in [0.25, 0.3) is 0 Å². The number of nitrogens with one attached hydrogen (secondary N) is 1. The SMILES string of the molecule is CC(=O)OCCCCCCCCCc1cc(=O)c2ccccc2[nH]1. The number of pyridine rings is 1. The lowest BCUT2D eigenvalue weighted by Gasteiger charge is -2.05. The molecular formula is C20H27NO3. The van der Waals surface area contributed by atoms with E-state index in [4.69, 9.17) is 4.74 Å². The number of fused-ring (bicyclic) bond motifs is 1. The van der Waals surface area contributed by atoms with Crippen LogP contribution in [-0.4, -0.2) is 17.6 Å². The van der Waals surface area contributed by atoms with Crippen molar-refractivity contribution >= 4 is 16.9 Å². The monoisotopic (exact) mass is 329 g/mol. The Balaban J connectivity index is 1.60. The number of ether oxygens (including phenoxy) is 1. The highest BCUT2D eigenvalue weighted by Gasteiger charge is 2.01. The second-order valence-corrected chi connectivity index (χ2v) is 6.27. The predicted molar refractivity (Wildman–Crippen MR) is 97.2 cm³/mol. The summed E-state index contributed by atoms with van der Waals surface area (Å²) in [6.45, 7) is 1.99. The fraction of sp³-hybridized carbons (Fsp3) is 0.500. The van der Waals surface area contributed by atoms with Crippen LogP contribution in [0.3, 0.4) is 0 Å². The lowest BCUT2D eigenvalue weighted by Crippen LogP contribution is -2.05. The van der Waals surface area contributed by atoms with Crippen LogP contribution in [0.25, 0.3) is 10.9 Å². The van der Waals surface area contributed by atoms with Crippen LogP contribution in [0, 0.1) is 0 Å². The number of para-hydroxylation sites is 1. The molecule has 1 aromatic heterocycles. The number of carbonyl (C=O) groups excluding carboxylic acids is 1. The molecule has 0 aliphatic rings. The normalized spacial score (nSPS) is 10.9. The van der Waals surface area contributed by atoms with Crippen LogP contribution in [0.4, 0.5) is 0 Å². The maximum atomic E-state index is 12.1. The van der Waals surface area contributed by atoms with Crippen molar-refractivity contribution in [3.8, 4) is 0 Å². The summed E-state index contributed by atoms with van der Waals surface area (Å²) in [5.41, 5.74) is 2.06. The molecule has 1 aromatic carbocycles.